The lowest BCUT2D eigenvalue weighted by molar-refractivity contribution is -0.149. The molecule has 0 bridgehead atoms. The van der Waals surface area contributed by atoms with E-state index >= 15 is 0 Å². The number of ketones is 1. The molecule has 150 valence electrons. The smallest absolute Gasteiger partial charge is 0.302 e. The zero-order valence-electron chi connectivity index (χ0n) is 17.0. The molecule has 7 atom stereocenters. The maximum Gasteiger partial charge on any atom is 0.302 e. The summed E-state index contributed by atoms with van der Waals surface area (Å²) in [4.78, 5) is 23.7. The third-order valence-corrected chi connectivity index (χ3v) is 8.94. The summed E-state index contributed by atoms with van der Waals surface area (Å²) in [6.45, 7) is 5.96. The van der Waals surface area contributed by atoms with Crippen molar-refractivity contribution in [1.29, 1.82) is 0 Å². The van der Waals surface area contributed by atoms with Crippen LogP contribution in [0.1, 0.15) is 72.1 Å². The quantitative estimate of drug-likeness (QED) is 0.598. The predicted octanol–water partition coefficient (Wildman–Crippen LogP) is 4.06. The van der Waals surface area contributed by atoms with Gasteiger partial charge in [-0.2, -0.15) is 0 Å². The Morgan fingerprint density at radius 2 is 1.93 bits per heavy atom. The van der Waals surface area contributed by atoms with Crippen molar-refractivity contribution in [2.75, 3.05) is 6.61 Å². The van der Waals surface area contributed by atoms with Gasteiger partial charge in [0.2, 0.25) is 0 Å². The van der Waals surface area contributed by atoms with Crippen molar-refractivity contribution in [3.63, 3.8) is 0 Å². The zero-order chi connectivity index (χ0) is 19.4. The van der Waals surface area contributed by atoms with Crippen LogP contribution in [0, 0.1) is 34.5 Å². The van der Waals surface area contributed by atoms with Gasteiger partial charge in [-0.1, -0.05) is 25.5 Å². The third kappa shape index (κ3) is 2.90. The number of aliphatic hydroxyl groups excluding tert-OH is 1. The Bertz CT molecular complexity index is 667. The van der Waals surface area contributed by atoms with Crippen LogP contribution in [0.2, 0.25) is 0 Å². The monoisotopic (exact) mass is 374 g/mol. The van der Waals surface area contributed by atoms with E-state index in [9.17, 15) is 14.7 Å². The highest BCUT2D eigenvalue weighted by Crippen LogP contribution is 2.66. The van der Waals surface area contributed by atoms with E-state index in [0.29, 0.717) is 17.8 Å². The molecule has 0 saturated heterocycles. The maximum absolute atomic E-state index is 12.3. The first kappa shape index (κ1) is 19.2. The average Bonchev–Trinajstić information content (AvgIpc) is 2.98. The van der Waals surface area contributed by atoms with Gasteiger partial charge in [0, 0.05) is 19.3 Å². The van der Waals surface area contributed by atoms with Crippen molar-refractivity contribution in [1.82, 2.24) is 0 Å². The van der Waals surface area contributed by atoms with Gasteiger partial charge < -0.3 is 9.84 Å². The molecule has 0 amide bonds. The molecule has 0 spiro atoms. The minimum Gasteiger partial charge on any atom is -0.462 e. The van der Waals surface area contributed by atoms with Crippen LogP contribution in [0.3, 0.4) is 0 Å². The summed E-state index contributed by atoms with van der Waals surface area (Å²) in [6, 6.07) is 0. The van der Waals surface area contributed by atoms with Gasteiger partial charge in [-0.25, -0.2) is 0 Å². The van der Waals surface area contributed by atoms with Crippen LogP contribution < -0.4 is 0 Å². The van der Waals surface area contributed by atoms with Crippen molar-refractivity contribution in [2.24, 2.45) is 34.5 Å². The summed E-state index contributed by atoms with van der Waals surface area (Å²) in [6.07, 6.45) is 10.9. The van der Waals surface area contributed by atoms with E-state index in [-0.39, 0.29) is 41.2 Å². The minimum atomic E-state index is -0.305. The number of rotatable bonds is 3. The first-order valence-electron chi connectivity index (χ1n) is 10.8. The van der Waals surface area contributed by atoms with E-state index in [1.807, 2.05) is 0 Å². The summed E-state index contributed by atoms with van der Waals surface area (Å²) in [5, 5.41) is 9.42. The second-order valence-corrected chi connectivity index (χ2v) is 10.0. The van der Waals surface area contributed by atoms with E-state index in [2.05, 4.69) is 19.9 Å². The molecular weight excluding hydrogens is 340 g/mol. The summed E-state index contributed by atoms with van der Waals surface area (Å²) >= 11 is 0. The van der Waals surface area contributed by atoms with Gasteiger partial charge in [-0.15, -0.1) is 0 Å². The highest BCUT2D eigenvalue weighted by molar-refractivity contribution is 5.83. The number of aliphatic hydroxyl groups is 1. The highest BCUT2D eigenvalue weighted by atomic mass is 16.5. The fourth-order valence-corrected chi connectivity index (χ4v) is 7.60. The van der Waals surface area contributed by atoms with Crippen LogP contribution in [0.25, 0.3) is 0 Å². The number of carbonyl (C=O) groups is 2. The molecule has 3 saturated carbocycles. The van der Waals surface area contributed by atoms with Crippen molar-refractivity contribution in [3.8, 4) is 0 Å². The number of carbonyl (C=O) groups excluding carboxylic acids is 2. The van der Waals surface area contributed by atoms with Gasteiger partial charge in [-0.3, -0.25) is 9.59 Å². The summed E-state index contributed by atoms with van der Waals surface area (Å²) in [5.41, 5.74) is 1.79. The Morgan fingerprint density at radius 1 is 1.15 bits per heavy atom. The molecule has 4 heteroatoms. The first-order chi connectivity index (χ1) is 12.8. The van der Waals surface area contributed by atoms with E-state index < -0.39 is 0 Å². The van der Waals surface area contributed by atoms with E-state index in [0.717, 1.165) is 44.9 Å². The molecule has 0 heterocycles. The number of esters is 1. The summed E-state index contributed by atoms with van der Waals surface area (Å²) in [7, 11) is 0. The fraction of sp³-hybridized carbons (Fsp3) is 0.826. The largest absolute Gasteiger partial charge is 0.462 e. The van der Waals surface area contributed by atoms with E-state index in [1.54, 1.807) is 0 Å². The van der Waals surface area contributed by atoms with Gasteiger partial charge in [0.15, 0.2) is 5.78 Å². The SMILES string of the molecule is CC(=O)OC1CC[C@@]2(C)C(=CC[C@H]3[C@@H]4CC[C@H](C(=O)CO)[C@@]4(C)CC[C@@H]32)C1. The average molecular weight is 375 g/mol. The van der Waals surface area contributed by atoms with Gasteiger partial charge in [0.25, 0.3) is 0 Å². The summed E-state index contributed by atoms with van der Waals surface area (Å²) < 4.78 is 5.52. The fourth-order valence-electron chi connectivity index (χ4n) is 7.60. The number of allylic oxidation sites excluding steroid dienone is 1. The lowest BCUT2D eigenvalue weighted by atomic mass is 9.47. The lowest BCUT2D eigenvalue weighted by Crippen LogP contribution is -2.51. The van der Waals surface area contributed by atoms with Crippen LogP contribution in [0.15, 0.2) is 11.6 Å². The molecule has 4 nitrogen and oxygen atoms in total. The molecule has 0 aromatic heterocycles. The highest BCUT2D eigenvalue weighted by Gasteiger charge is 2.59. The van der Waals surface area contributed by atoms with Crippen molar-refractivity contribution in [2.45, 2.75) is 78.2 Å². The molecule has 0 aromatic rings. The van der Waals surface area contributed by atoms with Crippen LogP contribution in [0.4, 0.5) is 0 Å². The Labute approximate surface area is 162 Å². The van der Waals surface area contributed by atoms with Crippen LogP contribution in [-0.2, 0) is 14.3 Å². The molecule has 0 radical (unpaired) electrons. The molecule has 1 N–H and O–H groups in total. The summed E-state index contributed by atoms with van der Waals surface area (Å²) in [5.74, 6) is 1.86. The van der Waals surface area contributed by atoms with Gasteiger partial charge >= 0.3 is 5.97 Å². The van der Waals surface area contributed by atoms with Crippen LogP contribution >= 0.6 is 0 Å². The molecule has 3 fully saturated rings. The molecule has 1 unspecified atom stereocenters. The molecule has 4 aliphatic carbocycles. The second-order valence-electron chi connectivity index (χ2n) is 10.0. The van der Waals surface area contributed by atoms with Crippen LogP contribution in [-0.4, -0.2) is 29.6 Å². The molecule has 27 heavy (non-hydrogen) atoms. The Hall–Kier alpha value is -1.16. The lowest BCUT2D eigenvalue weighted by Gasteiger charge is -2.58. The molecule has 0 aromatic carbocycles. The second kappa shape index (κ2) is 6.72. The van der Waals surface area contributed by atoms with Crippen molar-refractivity contribution < 1.29 is 19.4 Å². The Balaban J connectivity index is 1.57. The van der Waals surface area contributed by atoms with Gasteiger partial charge in [0.1, 0.15) is 12.7 Å². The van der Waals surface area contributed by atoms with E-state index in [1.165, 1.54) is 18.9 Å². The molecule has 0 aliphatic heterocycles. The van der Waals surface area contributed by atoms with Crippen molar-refractivity contribution in [3.05, 3.63) is 11.6 Å². The number of ether oxygens (including phenoxy) is 1. The predicted molar refractivity (Wildman–Crippen MR) is 103 cm³/mol. The molecular formula is C23H34O4. The van der Waals surface area contributed by atoms with Crippen LogP contribution in [0.5, 0.6) is 0 Å². The van der Waals surface area contributed by atoms with E-state index in [4.69, 9.17) is 4.74 Å². The normalized spacial score (nSPS) is 45.9. The number of Topliss-reactive ketones (excluding diaryl/α,β-unsaturated/α-hetero) is 1. The standard InChI is InChI=1S/C23H34O4/c1-14(25)27-16-8-10-22(2)15(12-16)4-5-17-18-6-7-20(21(26)13-24)23(18,3)11-9-19(17)22/h4,16-20,24H,5-13H2,1-3H3/t16?,17-,18-,19-,20+,22-,23-/m0/s1. The Morgan fingerprint density at radius 3 is 2.63 bits per heavy atom. The minimum absolute atomic E-state index is 0.0465. The maximum atomic E-state index is 12.3. The van der Waals surface area contributed by atoms with Gasteiger partial charge in [-0.05, 0) is 73.5 Å². The topological polar surface area (TPSA) is 63.6 Å². The number of hydrogen-bond donors (Lipinski definition) is 1. The van der Waals surface area contributed by atoms with Crippen molar-refractivity contribution >= 4 is 11.8 Å². The third-order valence-electron chi connectivity index (χ3n) is 8.94. The number of fused-ring (bicyclic) bond motifs is 5. The van der Waals surface area contributed by atoms with Gasteiger partial charge in [0.05, 0.1) is 0 Å². The molecule has 4 rings (SSSR count). The molecule has 4 aliphatic rings. The zero-order valence-corrected chi connectivity index (χ0v) is 17.0. The Kier molecular flexibility index (Phi) is 4.77. The first-order valence-corrected chi connectivity index (χ1v) is 10.8. The number of hydrogen-bond acceptors (Lipinski definition) is 4.